The highest BCUT2D eigenvalue weighted by molar-refractivity contribution is 5.94. The molecule has 0 spiro atoms. The van der Waals surface area contributed by atoms with Crippen LogP contribution in [-0.4, -0.2) is 65.0 Å². The zero-order chi connectivity index (χ0) is 29.1. The summed E-state index contributed by atoms with van der Waals surface area (Å²) in [6.07, 6.45) is 0. The molecule has 3 heterocycles. The van der Waals surface area contributed by atoms with Crippen LogP contribution in [0.25, 0.3) is 16.7 Å². The fourth-order valence-electron chi connectivity index (χ4n) is 4.86. The Bertz CT molecular complexity index is 1680. The van der Waals surface area contributed by atoms with Crippen LogP contribution in [0, 0.1) is 6.92 Å². The SMILES string of the molecule is COC(=O)c1ccc(CNC(=O)c2ccc(-n3c(=O)ccc4c(C)nc(N5CCNCC5C(C)=O)nc43)cc2)cc1. The van der Waals surface area contributed by atoms with Gasteiger partial charge >= 0.3 is 5.97 Å². The number of hydrogen-bond donors (Lipinski definition) is 2. The Hall–Kier alpha value is -4.90. The number of carbonyl (C=O) groups is 3. The number of esters is 1. The van der Waals surface area contributed by atoms with Gasteiger partial charge in [-0.15, -0.1) is 0 Å². The number of amides is 1. The van der Waals surface area contributed by atoms with Crippen LogP contribution in [0.1, 0.15) is 38.9 Å². The second-order valence-electron chi connectivity index (χ2n) is 9.80. The number of carbonyl (C=O) groups excluding carboxylic acids is 3. The first-order valence-corrected chi connectivity index (χ1v) is 13.2. The molecular weight excluding hydrogens is 524 g/mol. The number of anilines is 1. The largest absolute Gasteiger partial charge is 0.465 e. The van der Waals surface area contributed by atoms with E-state index in [1.807, 2.05) is 11.8 Å². The lowest BCUT2D eigenvalue weighted by molar-refractivity contribution is -0.118. The van der Waals surface area contributed by atoms with E-state index < -0.39 is 12.0 Å². The predicted octanol–water partition coefficient (Wildman–Crippen LogP) is 2.17. The smallest absolute Gasteiger partial charge is 0.337 e. The van der Waals surface area contributed by atoms with Crippen LogP contribution in [0.3, 0.4) is 0 Å². The summed E-state index contributed by atoms with van der Waals surface area (Å²) >= 11 is 0. The van der Waals surface area contributed by atoms with Gasteiger partial charge in [0.15, 0.2) is 11.4 Å². The quantitative estimate of drug-likeness (QED) is 0.330. The molecule has 41 heavy (non-hydrogen) atoms. The number of ketones is 1. The lowest BCUT2D eigenvalue weighted by Crippen LogP contribution is -2.55. The minimum Gasteiger partial charge on any atom is -0.465 e. The summed E-state index contributed by atoms with van der Waals surface area (Å²) in [7, 11) is 1.32. The molecule has 2 N–H and O–H groups in total. The fraction of sp³-hybridized carbons (Fsp3) is 0.267. The molecule has 2 aromatic heterocycles. The number of nitrogens with zero attached hydrogens (tertiary/aromatic N) is 4. The van der Waals surface area contributed by atoms with Crippen molar-refractivity contribution in [3.8, 4) is 5.69 Å². The molecule has 0 saturated carbocycles. The number of ether oxygens (including phenoxy) is 1. The van der Waals surface area contributed by atoms with Crippen molar-refractivity contribution < 1.29 is 19.1 Å². The summed E-state index contributed by atoms with van der Waals surface area (Å²) < 4.78 is 6.19. The van der Waals surface area contributed by atoms with Crippen molar-refractivity contribution in [3.05, 3.63) is 93.4 Å². The zero-order valence-electron chi connectivity index (χ0n) is 23.0. The Kier molecular flexibility index (Phi) is 7.88. The van der Waals surface area contributed by atoms with E-state index in [1.165, 1.54) is 17.7 Å². The summed E-state index contributed by atoms with van der Waals surface area (Å²) in [5, 5.41) is 6.80. The Morgan fingerprint density at radius 2 is 1.71 bits per heavy atom. The van der Waals surface area contributed by atoms with Gasteiger partial charge in [0.25, 0.3) is 11.5 Å². The maximum absolute atomic E-state index is 13.1. The van der Waals surface area contributed by atoms with E-state index in [2.05, 4.69) is 15.6 Å². The molecule has 0 bridgehead atoms. The third kappa shape index (κ3) is 5.71. The molecule has 2 aromatic carbocycles. The molecule has 0 aliphatic carbocycles. The van der Waals surface area contributed by atoms with Gasteiger partial charge in [-0.3, -0.25) is 19.0 Å². The van der Waals surface area contributed by atoms with Crippen molar-refractivity contribution in [2.24, 2.45) is 0 Å². The number of piperazine rings is 1. The Morgan fingerprint density at radius 3 is 2.39 bits per heavy atom. The summed E-state index contributed by atoms with van der Waals surface area (Å²) in [5.74, 6) is -0.302. The highest BCUT2D eigenvalue weighted by Crippen LogP contribution is 2.23. The van der Waals surface area contributed by atoms with Gasteiger partial charge < -0.3 is 20.3 Å². The van der Waals surface area contributed by atoms with Crippen molar-refractivity contribution in [3.63, 3.8) is 0 Å². The van der Waals surface area contributed by atoms with Crippen molar-refractivity contribution >= 4 is 34.6 Å². The molecule has 1 unspecified atom stereocenters. The third-order valence-electron chi connectivity index (χ3n) is 7.11. The number of pyridine rings is 1. The van der Waals surface area contributed by atoms with Gasteiger partial charge in [-0.05, 0) is 61.9 Å². The van der Waals surface area contributed by atoms with Gasteiger partial charge in [-0.2, -0.15) is 4.98 Å². The van der Waals surface area contributed by atoms with Gasteiger partial charge in [-0.1, -0.05) is 12.1 Å². The highest BCUT2D eigenvalue weighted by Gasteiger charge is 2.28. The second kappa shape index (κ2) is 11.7. The van der Waals surface area contributed by atoms with Gasteiger partial charge in [0, 0.05) is 43.2 Å². The van der Waals surface area contributed by atoms with Crippen molar-refractivity contribution in [1.82, 2.24) is 25.2 Å². The first kappa shape index (κ1) is 27.7. The van der Waals surface area contributed by atoms with Crippen LogP contribution in [0.2, 0.25) is 0 Å². The van der Waals surface area contributed by atoms with Crippen molar-refractivity contribution in [1.29, 1.82) is 0 Å². The molecule has 11 nitrogen and oxygen atoms in total. The van der Waals surface area contributed by atoms with Crippen LogP contribution in [-0.2, 0) is 16.1 Å². The van der Waals surface area contributed by atoms with Crippen molar-refractivity contribution in [2.75, 3.05) is 31.6 Å². The molecule has 1 amide bonds. The molecule has 1 saturated heterocycles. The minimum absolute atomic E-state index is 0.0103. The molecular formula is C30H30N6O5. The molecule has 1 fully saturated rings. The van der Waals surface area contributed by atoms with Crippen LogP contribution in [0.4, 0.5) is 5.95 Å². The van der Waals surface area contributed by atoms with Gasteiger partial charge in [-0.25, -0.2) is 9.78 Å². The van der Waals surface area contributed by atoms with E-state index in [-0.39, 0.29) is 23.8 Å². The topological polar surface area (TPSA) is 136 Å². The van der Waals surface area contributed by atoms with Gasteiger partial charge in [0.05, 0.1) is 24.1 Å². The number of fused-ring (bicyclic) bond motifs is 1. The maximum Gasteiger partial charge on any atom is 0.337 e. The molecule has 1 aliphatic rings. The number of nitrogens with one attached hydrogen (secondary N) is 2. The van der Waals surface area contributed by atoms with Crippen LogP contribution in [0.15, 0.2) is 65.5 Å². The number of benzene rings is 2. The van der Waals surface area contributed by atoms with Crippen molar-refractivity contribution in [2.45, 2.75) is 26.4 Å². The number of aryl methyl sites for hydroxylation is 1. The highest BCUT2D eigenvalue weighted by atomic mass is 16.5. The summed E-state index contributed by atoms with van der Waals surface area (Å²) in [6, 6.07) is 16.2. The number of rotatable bonds is 7. The summed E-state index contributed by atoms with van der Waals surface area (Å²) in [6.45, 7) is 5.42. The van der Waals surface area contributed by atoms with Crippen LogP contribution >= 0.6 is 0 Å². The monoisotopic (exact) mass is 554 g/mol. The number of hydrogen-bond acceptors (Lipinski definition) is 9. The Morgan fingerprint density at radius 1 is 1.00 bits per heavy atom. The average molecular weight is 555 g/mol. The molecule has 1 aliphatic heterocycles. The Labute approximate surface area is 236 Å². The molecule has 0 radical (unpaired) electrons. The van der Waals surface area contributed by atoms with Gasteiger partial charge in [0.2, 0.25) is 5.95 Å². The first-order chi connectivity index (χ1) is 19.8. The molecule has 11 heteroatoms. The van der Waals surface area contributed by atoms with E-state index in [0.29, 0.717) is 59.1 Å². The van der Waals surface area contributed by atoms with Gasteiger partial charge in [0.1, 0.15) is 6.04 Å². The minimum atomic E-state index is -0.423. The predicted molar refractivity (Wildman–Crippen MR) is 154 cm³/mol. The van der Waals surface area contributed by atoms with E-state index in [1.54, 1.807) is 61.5 Å². The second-order valence-corrected chi connectivity index (χ2v) is 9.80. The number of methoxy groups -OCH3 is 1. The van der Waals surface area contributed by atoms with Crippen LogP contribution < -0.4 is 21.1 Å². The van der Waals surface area contributed by atoms with E-state index in [0.717, 1.165) is 5.56 Å². The molecule has 5 rings (SSSR count). The lowest BCUT2D eigenvalue weighted by Gasteiger charge is -2.34. The third-order valence-corrected chi connectivity index (χ3v) is 7.11. The molecule has 4 aromatic rings. The van der Waals surface area contributed by atoms with Crippen LogP contribution in [0.5, 0.6) is 0 Å². The molecule has 210 valence electrons. The standard InChI is InChI=1S/C30H30N6O5/c1-18-24-12-13-26(38)36(27(24)34-30(33-18)35-15-14-31-17-25(35)19(2)37)23-10-8-21(9-11-23)28(39)32-16-20-4-6-22(7-5-20)29(40)41-3/h4-13,25,31H,14-17H2,1-3H3,(H,32,39). The number of aromatic nitrogens is 3. The lowest BCUT2D eigenvalue weighted by atomic mass is 10.1. The Balaban J connectivity index is 1.40. The normalized spacial score (nSPS) is 15.0. The first-order valence-electron chi connectivity index (χ1n) is 13.2. The molecule has 1 atom stereocenters. The van der Waals surface area contributed by atoms with E-state index in [4.69, 9.17) is 9.72 Å². The van der Waals surface area contributed by atoms with E-state index >= 15 is 0 Å². The maximum atomic E-state index is 13.1. The fourth-order valence-corrected chi connectivity index (χ4v) is 4.86. The summed E-state index contributed by atoms with van der Waals surface area (Å²) in [5.41, 5.74) is 3.06. The van der Waals surface area contributed by atoms with E-state index in [9.17, 15) is 19.2 Å². The number of Topliss-reactive ketones (excluding diaryl/α,β-unsaturated/α-hetero) is 1. The summed E-state index contributed by atoms with van der Waals surface area (Å²) in [4.78, 5) is 61.1. The zero-order valence-corrected chi connectivity index (χ0v) is 23.0. The average Bonchev–Trinajstić information content (AvgIpc) is 2.99.